The highest BCUT2D eigenvalue weighted by Gasteiger charge is 2.20. The second-order valence-corrected chi connectivity index (χ2v) is 4.94. The fourth-order valence-electron chi connectivity index (χ4n) is 2.44. The van der Waals surface area contributed by atoms with Crippen molar-refractivity contribution in [1.29, 1.82) is 0 Å². The van der Waals surface area contributed by atoms with Crippen LogP contribution in [0.1, 0.15) is 22.7 Å². The van der Waals surface area contributed by atoms with Gasteiger partial charge in [-0.1, -0.05) is 24.3 Å². The molecule has 0 amide bonds. The van der Waals surface area contributed by atoms with Crippen molar-refractivity contribution in [1.82, 2.24) is 9.55 Å². The highest BCUT2D eigenvalue weighted by atomic mass is 19.3. The van der Waals surface area contributed by atoms with E-state index < -0.39 is 12.5 Å². The molecular weight excluding hydrogens is 318 g/mol. The van der Waals surface area contributed by atoms with Gasteiger partial charge in [-0.25, -0.2) is 9.78 Å². The summed E-state index contributed by atoms with van der Waals surface area (Å²) in [5, 5.41) is 0. The van der Waals surface area contributed by atoms with Crippen LogP contribution in [0, 0.1) is 0 Å². The molecule has 0 radical (unpaired) electrons. The van der Waals surface area contributed by atoms with Crippen LogP contribution in [-0.4, -0.2) is 22.6 Å². The van der Waals surface area contributed by atoms with Crippen LogP contribution in [0.5, 0.6) is 5.75 Å². The predicted octanol–water partition coefficient (Wildman–Crippen LogP) is 3.80. The SMILES string of the molecule is COc1ccccc1C(=O)OCc1nc2ccccc2n1C(F)F. The normalized spacial score (nSPS) is 11.0. The third-order valence-electron chi connectivity index (χ3n) is 3.52. The largest absolute Gasteiger partial charge is 0.496 e. The lowest BCUT2D eigenvalue weighted by Crippen LogP contribution is -2.11. The van der Waals surface area contributed by atoms with E-state index in [4.69, 9.17) is 9.47 Å². The molecule has 0 fully saturated rings. The van der Waals surface area contributed by atoms with Gasteiger partial charge in [0, 0.05) is 0 Å². The molecule has 3 aromatic rings. The fourth-order valence-corrected chi connectivity index (χ4v) is 2.44. The number of fused-ring (bicyclic) bond motifs is 1. The van der Waals surface area contributed by atoms with E-state index in [1.54, 1.807) is 42.5 Å². The second kappa shape index (κ2) is 6.66. The van der Waals surface area contributed by atoms with Crippen LogP contribution in [0.4, 0.5) is 8.78 Å². The van der Waals surface area contributed by atoms with Crippen LogP contribution in [0.25, 0.3) is 11.0 Å². The van der Waals surface area contributed by atoms with E-state index in [0.717, 1.165) is 4.57 Å². The first kappa shape index (κ1) is 15.9. The van der Waals surface area contributed by atoms with E-state index in [9.17, 15) is 13.6 Å². The number of ether oxygens (including phenoxy) is 2. The summed E-state index contributed by atoms with van der Waals surface area (Å²) < 4.78 is 37.6. The first-order chi connectivity index (χ1) is 11.6. The average molecular weight is 332 g/mol. The van der Waals surface area contributed by atoms with E-state index >= 15 is 0 Å². The van der Waals surface area contributed by atoms with Crippen molar-refractivity contribution in [2.75, 3.05) is 7.11 Å². The number of rotatable bonds is 5. The first-order valence-electron chi connectivity index (χ1n) is 7.16. The number of aromatic nitrogens is 2. The molecule has 5 nitrogen and oxygen atoms in total. The number of hydrogen-bond acceptors (Lipinski definition) is 4. The van der Waals surface area contributed by atoms with Gasteiger partial charge in [0.05, 0.1) is 18.1 Å². The molecule has 1 heterocycles. The Morgan fingerprint density at radius 1 is 1.17 bits per heavy atom. The van der Waals surface area contributed by atoms with Gasteiger partial charge in [-0.2, -0.15) is 8.78 Å². The van der Waals surface area contributed by atoms with Crippen molar-refractivity contribution in [3.8, 4) is 5.75 Å². The Kier molecular flexibility index (Phi) is 4.41. The Balaban J connectivity index is 1.85. The molecule has 0 atom stereocenters. The maximum atomic E-state index is 13.3. The Labute approximate surface area is 136 Å². The lowest BCUT2D eigenvalue weighted by Gasteiger charge is -2.10. The summed E-state index contributed by atoms with van der Waals surface area (Å²) >= 11 is 0. The molecule has 0 aliphatic carbocycles. The summed E-state index contributed by atoms with van der Waals surface area (Å²) in [6.45, 7) is -3.15. The molecule has 2 aromatic carbocycles. The predicted molar refractivity (Wildman–Crippen MR) is 83.1 cm³/mol. The van der Waals surface area contributed by atoms with Gasteiger partial charge in [0.25, 0.3) is 0 Å². The van der Waals surface area contributed by atoms with Crippen LogP contribution < -0.4 is 4.74 Å². The number of esters is 1. The number of imidazole rings is 1. The van der Waals surface area contributed by atoms with Crippen LogP contribution >= 0.6 is 0 Å². The zero-order valence-corrected chi connectivity index (χ0v) is 12.8. The van der Waals surface area contributed by atoms with Gasteiger partial charge < -0.3 is 9.47 Å². The molecule has 3 rings (SSSR count). The fraction of sp³-hybridized carbons (Fsp3) is 0.176. The molecular formula is C17H14F2N2O3. The lowest BCUT2D eigenvalue weighted by molar-refractivity contribution is 0.0384. The first-order valence-corrected chi connectivity index (χ1v) is 7.16. The minimum absolute atomic E-state index is 0.0190. The number of methoxy groups -OCH3 is 1. The number of carbonyl (C=O) groups is 1. The van der Waals surface area contributed by atoms with Crippen molar-refractivity contribution >= 4 is 17.0 Å². The van der Waals surface area contributed by atoms with Crippen molar-refractivity contribution in [3.05, 3.63) is 59.9 Å². The monoisotopic (exact) mass is 332 g/mol. The van der Waals surface area contributed by atoms with Crippen LogP contribution in [0.2, 0.25) is 0 Å². The third-order valence-corrected chi connectivity index (χ3v) is 3.52. The third kappa shape index (κ3) is 2.92. The molecule has 124 valence electrons. The molecule has 0 N–H and O–H groups in total. The summed E-state index contributed by atoms with van der Waals surface area (Å²) in [4.78, 5) is 16.3. The van der Waals surface area contributed by atoms with Gasteiger partial charge in [-0.05, 0) is 24.3 Å². The van der Waals surface area contributed by atoms with E-state index in [1.165, 1.54) is 13.2 Å². The molecule has 0 spiro atoms. The molecule has 7 heteroatoms. The van der Waals surface area contributed by atoms with Gasteiger partial charge in [-0.3, -0.25) is 4.57 Å². The zero-order valence-electron chi connectivity index (χ0n) is 12.8. The molecule has 0 unspecified atom stereocenters. The molecule has 0 saturated carbocycles. The number of carbonyl (C=O) groups excluding carboxylic acids is 1. The molecule has 24 heavy (non-hydrogen) atoms. The second-order valence-electron chi connectivity index (χ2n) is 4.94. The van der Waals surface area contributed by atoms with Gasteiger partial charge in [-0.15, -0.1) is 0 Å². The Hall–Kier alpha value is -2.96. The average Bonchev–Trinajstić information content (AvgIpc) is 2.98. The number of hydrogen-bond donors (Lipinski definition) is 0. The van der Waals surface area contributed by atoms with Crippen molar-refractivity contribution in [2.24, 2.45) is 0 Å². The minimum Gasteiger partial charge on any atom is -0.496 e. The van der Waals surface area contributed by atoms with E-state index in [2.05, 4.69) is 4.98 Å². The van der Waals surface area contributed by atoms with E-state index in [1.807, 2.05) is 0 Å². The van der Waals surface area contributed by atoms with E-state index in [0.29, 0.717) is 11.3 Å². The van der Waals surface area contributed by atoms with Gasteiger partial charge in [0.2, 0.25) is 0 Å². The topological polar surface area (TPSA) is 53.4 Å². The van der Waals surface area contributed by atoms with Gasteiger partial charge in [0.15, 0.2) is 5.82 Å². The van der Waals surface area contributed by atoms with E-state index in [-0.39, 0.29) is 23.5 Å². The van der Waals surface area contributed by atoms with Crippen LogP contribution in [0.15, 0.2) is 48.5 Å². The molecule has 1 aromatic heterocycles. The minimum atomic E-state index is -2.78. The summed E-state index contributed by atoms with van der Waals surface area (Å²) in [6.07, 6.45) is 0. The lowest BCUT2D eigenvalue weighted by atomic mass is 10.2. The van der Waals surface area contributed by atoms with Crippen LogP contribution in [0.3, 0.4) is 0 Å². The summed E-state index contributed by atoms with van der Waals surface area (Å²) in [7, 11) is 1.43. The molecule has 0 bridgehead atoms. The zero-order chi connectivity index (χ0) is 17.1. The Morgan fingerprint density at radius 2 is 1.88 bits per heavy atom. The van der Waals surface area contributed by atoms with Gasteiger partial charge in [0.1, 0.15) is 17.9 Å². The van der Waals surface area contributed by atoms with Crippen molar-refractivity contribution in [3.63, 3.8) is 0 Å². The number of nitrogens with zero attached hydrogens (tertiary/aromatic N) is 2. The standard InChI is InChI=1S/C17H14F2N2O3/c1-23-14-9-5-2-6-11(14)16(22)24-10-15-20-12-7-3-4-8-13(12)21(15)17(18)19/h2-9,17H,10H2,1H3. The summed E-state index contributed by atoms with van der Waals surface area (Å²) in [5.41, 5.74) is 0.927. The Morgan fingerprint density at radius 3 is 2.62 bits per heavy atom. The van der Waals surface area contributed by atoms with Crippen molar-refractivity contribution in [2.45, 2.75) is 13.2 Å². The molecule has 0 aliphatic rings. The quantitative estimate of drug-likeness (QED) is 0.667. The smallest absolute Gasteiger partial charge is 0.342 e. The van der Waals surface area contributed by atoms with Gasteiger partial charge >= 0.3 is 12.5 Å². The number of para-hydroxylation sites is 3. The summed E-state index contributed by atoms with van der Waals surface area (Å²) in [6, 6.07) is 13.0. The molecule has 0 saturated heterocycles. The summed E-state index contributed by atoms with van der Waals surface area (Å²) in [5.74, 6) is -0.334. The highest BCUT2D eigenvalue weighted by molar-refractivity contribution is 5.92. The maximum Gasteiger partial charge on any atom is 0.342 e. The number of halogens is 2. The molecule has 0 aliphatic heterocycles. The maximum absolute atomic E-state index is 13.3. The van der Waals surface area contributed by atoms with Crippen LogP contribution in [-0.2, 0) is 11.3 Å². The Bertz CT molecular complexity index is 877. The van der Waals surface area contributed by atoms with Crippen molar-refractivity contribution < 1.29 is 23.0 Å². The number of benzene rings is 2. The highest BCUT2D eigenvalue weighted by Crippen LogP contribution is 2.24. The number of alkyl halides is 2.